The third-order valence-corrected chi connectivity index (χ3v) is 2.99. The molecule has 0 aromatic rings. The first-order valence-electron chi connectivity index (χ1n) is 5.39. The van der Waals surface area contributed by atoms with Gasteiger partial charge in [-0.25, -0.2) is 0 Å². The van der Waals surface area contributed by atoms with Crippen molar-refractivity contribution >= 4 is 11.9 Å². The Morgan fingerprint density at radius 3 is 2.19 bits per heavy atom. The number of carbonyl (C=O) groups is 2. The van der Waals surface area contributed by atoms with Gasteiger partial charge >= 0.3 is 11.9 Å². The van der Waals surface area contributed by atoms with E-state index in [0.717, 1.165) is 12.8 Å². The van der Waals surface area contributed by atoms with Crippen molar-refractivity contribution in [2.75, 3.05) is 20.8 Å². The van der Waals surface area contributed by atoms with Gasteiger partial charge in [-0.05, 0) is 12.8 Å². The Morgan fingerprint density at radius 1 is 1.25 bits per heavy atom. The van der Waals surface area contributed by atoms with E-state index in [1.165, 1.54) is 14.2 Å². The Kier molecular flexibility index (Phi) is 4.73. The van der Waals surface area contributed by atoms with Crippen LogP contribution in [0.2, 0.25) is 0 Å². The third-order valence-electron chi connectivity index (χ3n) is 2.99. The van der Waals surface area contributed by atoms with Crippen molar-refractivity contribution in [3.8, 4) is 0 Å². The zero-order valence-corrected chi connectivity index (χ0v) is 9.89. The van der Waals surface area contributed by atoms with Crippen molar-refractivity contribution in [3.63, 3.8) is 0 Å². The summed E-state index contributed by atoms with van der Waals surface area (Å²) in [7, 11) is 2.53. The summed E-state index contributed by atoms with van der Waals surface area (Å²) in [6.07, 6.45) is 1.76. The lowest BCUT2D eigenvalue weighted by Gasteiger charge is -2.24. The molecule has 92 valence electrons. The van der Waals surface area contributed by atoms with Gasteiger partial charge in [-0.15, -0.1) is 0 Å². The maximum absolute atomic E-state index is 11.5. The molecule has 0 aromatic heterocycles. The SMILES string of the molecule is COC(=O)C(C(=O)OC)C(C)C1CCCO1. The van der Waals surface area contributed by atoms with Gasteiger partial charge in [0.05, 0.1) is 20.3 Å². The molecule has 0 amide bonds. The van der Waals surface area contributed by atoms with Crippen molar-refractivity contribution in [1.82, 2.24) is 0 Å². The third kappa shape index (κ3) is 2.72. The van der Waals surface area contributed by atoms with Crippen LogP contribution in [-0.4, -0.2) is 38.9 Å². The topological polar surface area (TPSA) is 61.8 Å². The number of rotatable bonds is 4. The molecule has 0 aliphatic carbocycles. The normalized spacial score (nSPS) is 21.9. The first-order chi connectivity index (χ1) is 7.61. The van der Waals surface area contributed by atoms with Crippen LogP contribution in [0.4, 0.5) is 0 Å². The molecule has 0 radical (unpaired) electrons. The van der Waals surface area contributed by atoms with Crippen LogP contribution >= 0.6 is 0 Å². The number of hydrogen-bond acceptors (Lipinski definition) is 5. The first kappa shape index (κ1) is 13.0. The van der Waals surface area contributed by atoms with E-state index in [-0.39, 0.29) is 12.0 Å². The lowest BCUT2D eigenvalue weighted by atomic mass is 9.88. The highest BCUT2D eigenvalue weighted by Crippen LogP contribution is 2.27. The van der Waals surface area contributed by atoms with Crippen molar-refractivity contribution < 1.29 is 23.8 Å². The zero-order valence-electron chi connectivity index (χ0n) is 9.89. The Hall–Kier alpha value is -1.10. The van der Waals surface area contributed by atoms with E-state index in [0.29, 0.717) is 6.61 Å². The van der Waals surface area contributed by atoms with Gasteiger partial charge < -0.3 is 14.2 Å². The largest absolute Gasteiger partial charge is 0.468 e. The van der Waals surface area contributed by atoms with Crippen LogP contribution in [0.15, 0.2) is 0 Å². The highest BCUT2D eigenvalue weighted by Gasteiger charge is 2.39. The van der Waals surface area contributed by atoms with Gasteiger partial charge in [0.15, 0.2) is 5.92 Å². The summed E-state index contributed by atoms with van der Waals surface area (Å²) in [5.74, 6) is -2.23. The maximum Gasteiger partial charge on any atom is 0.320 e. The molecule has 1 saturated heterocycles. The van der Waals surface area contributed by atoms with Gasteiger partial charge in [0, 0.05) is 12.5 Å². The predicted molar refractivity (Wildman–Crippen MR) is 55.7 cm³/mol. The fraction of sp³-hybridized carbons (Fsp3) is 0.818. The molecule has 0 aromatic carbocycles. The molecule has 16 heavy (non-hydrogen) atoms. The van der Waals surface area contributed by atoms with E-state index in [9.17, 15) is 9.59 Å². The van der Waals surface area contributed by atoms with E-state index in [1.807, 2.05) is 6.92 Å². The van der Waals surface area contributed by atoms with Crippen LogP contribution in [0, 0.1) is 11.8 Å². The van der Waals surface area contributed by atoms with E-state index in [4.69, 9.17) is 4.74 Å². The summed E-state index contributed by atoms with van der Waals surface area (Å²) in [4.78, 5) is 23.1. The summed E-state index contributed by atoms with van der Waals surface area (Å²) in [5, 5.41) is 0. The molecule has 1 heterocycles. The molecule has 0 bridgehead atoms. The molecule has 1 aliphatic rings. The second kappa shape index (κ2) is 5.84. The minimum atomic E-state index is -0.891. The second-order valence-electron chi connectivity index (χ2n) is 3.93. The van der Waals surface area contributed by atoms with Gasteiger partial charge in [0.2, 0.25) is 0 Å². The highest BCUT2D eigenvalue weighted by atomic mass is 16.5. The average molecular weight is 230 g/mol. The molecule has 1 fully saturated rings. The van der Waals surface area contributed by atoms with E-state index in [2.05, 4.69) is 9.47 Å². The number of carbonyl (C=O) groups excluding carboxylic acids is 2. The van der Waals surface area contributed by atoms with Crippen molar-refractivity contribution in [1.29, 1.82) is 0 Å². The minimum absolute atomic E-state index is 0.0665. The molecule has 2 unspecified atom stereocenters. The lowest BCUT2D eigenvalue weighted by molar-refractivity contribution is -0.163. The molecule has 5 nitrogen and oxygen atoms in total. The maximum atomic E-state index is 11.5. The quantitative estimate of drug-likeness (QED) is 0.527. The fourth-order valence-corrected chi connectivity index (χ4v) is 2.01. The summed E-state index contributed by atoms with van der Waals surface area (Å²) in [6.45, 7) is 2.50. The average Bonchev–Trinajstić information content (AvgIpc) is 2.81. The van der Waals surface area contributed by atoms with Crippen LogP contribution in [-0.2, 0) is 23.8 Å². The molecular weight excluding hydrogens is 212 g/mol. The Balaban J connectivity index is 2.74. The molecule has 1 aliphatic heterocycles. The van der Waals surface area contributed by atoms with Gasteiger partial charge in [0.25, 0.3) is 0 Å². The lowest BCUT2D eigenvalue weighted by Crippen LogP contribution is -2.37. The van der Waals surface area contributed by atoms with Crippen molar-refractivity contribution in [2.24, 2.45) is 11.8 Å². The zero-order chi connectivity index (χ0) is 12.1. The van der Waals surface area contributed by atoms with Crippen LogP contribution in [0.25, 0.3) is 0 Å². The van der Waals surface area contributed by atoms with Gasteiger partial charge in [0.1, 0.15) is 0 Å². The number of hydrogen-bond donors (Lipinski definition) is 0. The van der Waals surface area contributed by atoms with Gasteiger partial charge in [-0.2, -0.15) is 0 Å². The van der Waals surface area contributed by atoms with E-state index in [1.54, 1.807) is 0 Å². The summed E-state index contributed by atoms with van der Waals surface area (Å²) < 4.78 is 14.7. The van der Waals surface area contributed by atoms with Crippen LogP contribution < -0.4 is 0 Å². The predicted octanol–water partition coefficient (Wildman–Crippen LogP) is 0.764. The summed E-state index contributed by atoms with van der Waals surface area (Å²) in [6, 6.07) is 0. The minimum Gasteiger partial charge on any atom is -0.468 e. The van der Waals surface area contributed by atoms with Gasteiger partial charge in [-0.3, -0.25) is 9.59 Å². The van der Waals surface area contributed by atoms with E-state index >= 15 is 0 Å². The molecule has 1 rings (SSSR count). The number of ether oxygens (including phenoxy) is 3. The Morgan fingerprint density at radius 2 is 1.81 bits per heavy atom. The van der Waals surface area contributed by atoms with Crippen molar-refractivity contribution in [3.05, 3.63) is 0 Å². The first-order valence-corrected chi connectivity index (χ1v) is 5.39. The fourth-order valence-electron chi connectivity index (χ4n) is 2.01. The highest BCUT2D eigenvalue weighted by molar-refractivity contribution is 5.95. The van der Waals surface area contributed by atoms with Crippen LogP contribution in [0.1, 0.15) is 19.8 Å². The molecule has 0 N–H and O–H groups in total. The monoisotopic (exact) mass is 230 g/mol. The molecule has 5 heteroatoms. The van der Waals surface area contributed by atoms with E-state index < -0.39 is 17.9 Å². The standard InChI is InChI=1S/C11H18O5/c1-7(8-5-4-6-16-8)9(10(12)14-2)11(13)15-3/h7-9H,4-6H2,1-3H3. The second-order valence-corrected chi connectivity index (χ2v) is 3.93. The Bertz CT molecular complexity index is 241. The molecule has 0 saturated carbocycles. The molecular formula is C11H18O5. The van der Waals surface area contributed by atoms with Crippen LogP contribution in [0.5, 0.6) is 0 Å². The summed E-state index contributed by atoms with van der Waals surface area (Å²) >= 11 is 0. The molecule has 2 atom stereocenters. The number of esters is 2. The van der Waals surface area contributed by atoms with Gasteiger partial charge in [-0.1, -0.05) is 6.92 Å². The Labute approximate surface area is 95.0 Å². The molecule has 0 spiro atoms. The number of methoxy groups -OCH3 is 2. The van der Waals surface area contributed by atoms with Crippen molar-refractivity contribution in [2.45, 2.75) is 25.9 Å². The summed E-state index contributed by atoms with van der Waals surface area (Å²) in [5.41, 5.74) is 0. The smallest absolute Gasteiger partial charge is 0.320 e. The van der Waals surface area contributed by atoms with Crippen LogP contribution in [0.3, 0.4) is 0 Å².